The van der Waals surface area contributed by atoms with Gasteiger partial charge in [0, 0.05) is 25.2 Å². The highest BCUT2D eigenvalue weighted by atomic mass is 35.5. The quantitative estimate of drug-likeness (QED) is 0.519. The molecule has 2 aliphatic heterocycles. The van der Waals surface area contributed by atoms with Crippen LogP contribution in [0.4, 0.5) is 9.59 Å². The number of likely N-dealkylation sites (N-methyl/N-ethyl adjacent to an activating group) is 1. The maximum atomic E-state index is 13.8. The molecule has 1 aromatic carbocycles. The highest BCUT2D eigenvalue weighted by Crippen LogP contribution is 2.41. The number of carbonyl (C=O) groups excluding carboxylic acids is 3. The molecule has 3 fully saturated rings. The second-order valence-electron chi connectivity index (χ2n) is 10.3. The van der Waals surface area contributed by atoms with Gasteiger partial charge < -0.3 is 15.0 Å². The van der Waals surface area contributed by atoms with Crippen molar-refractivity contribution in [2.45, 2.75) is 56.3 Å². The Morgan fingerprint density at radius 3 is 2.92 bits per heavy atom. The van der Waals surface area contributed by atoms with Gasteiger partial charge in [-0.2, -0.15) is 5.26 Å². The van der Waals surface area contributed by atoms with Crippen LogP contribution in [0.5, 0.6) is 0 Å². The van der Waals surface area contributed by atoms with Crippen molar-refractivity contribution in [1.29, 1.82) is 5.26 Å². The minimum atomic E-state index is -1.83. The molecule has 3 aliphatic rings. The number of carbonyl (C=O) groups is 3. The Kier molecular flexibility index (Phi) is 9.27. The van der Waals surface area contributed by atoms with Crippen molar-refractivity contribution < 1.29 is 19.1 Å². The van der Waals surface area contributed by atoms with Crippen LogP contribution in [0.1, 0.15) is 37.7 Å². The van der Waals surface area contributed by atoms with Gasteiger partial charge in [-0.15, -0.1) is 0 Å². The highest BCUT2D eigenvalue weighted by molar-refractivity contribution is 6.90. The molecule has 0 aromatic heterocycles. The number of amides is 3. The molecule has 1 aliphatic carbocycles. The molecule has 0 bridgehead atoms. The van der Waals surface area contributed by atoms with Crippen LogP contribution in [0.25, 0.3) is 6.08 Å². The third-order valence-corrected chi connectivity index (χ3v) is 11.3. The molecule has 198 valence electrons. The first-order valence-corrected chi connectivity index (χ1v) is 15.8. The molecule has 0 radical (unpaired) electrons. The fraction of sp³-hybridized carbons (Fsp3) is 0.556. The summed E-state index contributed by atoms with van der Waals surface area (Å²) < 4.78 is 5.55. The molecular weight excluding hydrogens is 508 g/mol. The lowest BCUT2D eigenvalue weighted by Crippen LogP contribution is -2.53. The number of nitrogens with zero attached hydrogens (tertiary/aromatic N) is 3. The molecule has 3 amide bonds. The zero-order chi connectivity index (χ0) is 26.4. The van der Waals surface area contributed by atoms with E-state index in [0.29, 0.717) is 24.2 Å². The van der Waals surface area contributed by atoms with Crippen LogP contribution in [0.2, 0.25) is 17.1 Å². The normalized spacial score (nSPS) is 26.2. The van der Waals surface area contributed by atoms with Gasteiger partial charge in [-0.25, -0.2) is 4.79 Å². The summed E-state index contributed by atoms with van der Waals surface area (Å²) >= 11 is 6.02. The second-order valence-corrected chi connectivity index (χ2v) is 13.7. The minimum absolute atomic E-state index is 0.0628. The Morgan fingerprint density at radius 2 is 2.16 bits per heavy atom. The van der Waals surface area contributed by atoms with Crippen molar-refractivity contribution >= 4 is 44.0 Å². The van der Waals surface area contributed by atoms with Gasteiger partial charge in [0.2, 0.25) is 5.91 Å². The van der Waals surface area contributed by atoms with Crippen LogP contribution < -0.4 is 5.32 Å². The predicted molar refractivity (Wildman–Crippen MR) is 145 cm³/mol. The number of benzene rings is 1. The van der Waals surface area contributed by atoms with Gasteiger partial charge in [0.25, 0.3) is 0 Å². The average molecular weight is 543 g/mol. The maximum Gasteiger partial charge on any atom is 0.410 e. The van der Waals surface area contributed by atoms with E-state index in [1.165, 1.54) is 4.90 Å². The topological polar surface area (TPSA) is 103 Å². The monoisotopic (exact) mass is 542 g/mol. The van der Waals surface area contributed by atoms with E-state index >= 15 is 0 Å². The van der Waals surface area contributed by atoms with Gasteiger partial charge >= 0.3 is 6.09 Å². The number of likely N-dealkylation sites (tertiary alicyclic amines) is 1. The lowest BCUT2D eigenvalue weighted by molar-refractivity contribution is -0.136. The zero-order valence-corrected chi connectivity index (χ0v) is 23.2. The SMILES string of the molecule is CN(C(=O)[C@@H]1[C@H]2CCCC[C@H]2CN1C(=O)OC/C=C/c1cccc(Cl)c1)[C@H](C#N)C[Si@@H]1CCCNC1=O. The van der Waals surface area contributed by atoms with E-state index in [0.717, 1.165) is 43.7 Å². The number of nitrogens with one attached hydrogen (secondary N) is 1. The molecule has 1 saturated carbocycles. The number of fused-ring (bicyclic) bond motifs is 1. The lowest BCUT2D eigenvalue weighted by Gasteiger charge is -2.34. The number of hydrogen-bond donors (Lipinski definition) is 1. The van der Waals surface area contributed by atoms with E-state index in [1.807, 2.05) is 24.3 Å². The maximum absolute atomic E-state index is 13.8. The molecule has 1 aromatic rings. The van der Waals surface area contributed by atoms with Gasteiger partial charge in [-0.05, 0) is 67.0 Å². The Labute approximate surface area is 225 Å². The number of ether oxygens (including phenoxy) is 1. The van der Waals surface area contributed by atoms with Gasteiger partial charge in [-0.3, -0.25) is 14.5 Å². The molecule has 2 heterocycles. The second kappa shape index (κ2) is 12.6. The van der Waals surface area contributed by atoms with E-state index in [4.69, 9.17) is 16.3 Å². The van der Waals surface area contributed by atoms with Crippen molar-refractivity contribution in [3.63, 3.8) is 0 Å². The molecule has 0 spiro atoms. The smallest absolute Gasteiger partial charge is 0.410 e. The van der Waals surface area contributed by atoms with Crippen LogP contribution in [-0.4, -0.2) is 75.0 Å². The van der Waals surface area contributed by atoms with Crippen molar-refractivity contribution in [2.75, 3.05) is 26.7 Å². The summed E-state index contributed by atoms with van der Waals surface area (Å²) in [4.78, 5) is 42.3. The summed E-state index contributed by atoms with van der Waals surface area (Å²) in [6.45, 7) is 1.25. The third-order valence-electron chi connectivity index (χ3n) is 7.96. The van der Waals surface area contributed by atoms with E-state index in [-0.39, 0.29) is 29.9 Å². The molecule has 0 unspecified atom stereocenters. The van der Waals surface area contributed by atoms with E-state index < -0.39 is 27.0 Å². The number of rotatable bonds is 7. The molecule has 1 N–H and O–H groups in total. The van der Waals surface area contributed by atoms with Gasteiger partial charge in [0.05, 0.1) is 6.07 Å². The largest absolute Gasteiger partial charge is 0.445 e. The molecule has 8 nitrogen and oxygen atoms in total. The Morgan fingerprint density at radius 1 is 1.35 bits per heavy atom. The Balaban J connectivity index is 1.43. The summed E-state index contributed by atoms with van der Waals surface area (Å²) in [5.74, 6) is 0.0927. The van der Waals surface area contributed by atoms with Crippen molar-refractivity contribution in [3.8, 4) is 6.07 Å². The molecule has 4 rings (SSSR count). The fourth-order valence-electron chi connectivity index (χ4n) is 5.97. The minimum Gasteiger partial charge on any atom is -0.445 e. The van der Waals surface area contributed by atoms with E-state index in [2.05, 4.69) is 11.4 Å². The fourth-order valence-corrected chi connectivity index (χ4v) is 8.97. The molecule has 2 saturated heterocycles. The lowest BCUT2D eigenvalue weighted by atomic mass is 9.78. The number of hydrogen-bond acceptors (Lipinski definition) is 5. The Hall–Kier alpha value is -2.83. The molecule has 10 heteroatoms. The van der Waals surface area contributed by atoms with Crippen LogP contribution >= 0.6 is 11.6 Å². The van der Waals surface area contributed by atoms with Crippen molar-refractivity contribution in [3.05, 3.63) is 40.9 Å². The third kappa shape index (κ3) is 6.54. The van der Waals surface area contributed by atoms with Gasteiger partial charge in [-0.1, -0.05) is 42.7 Å². The first-order valence-electron chi connectivity index (χ1n) is 13.2. The van der Waals surface area contributed by atoms with E-state index in [1.54, 1.807) is 24.1 Å². The van der Waals surface area contributed by atoms with Crippen molar-refractivity contribution in [2.24, 2.45) is 11.8 Å². The number of halogens is 1. The van der Waals surface area contributed by atoms with Crippen LogP contribution in [0, 0.1) is 23.2 Å². The standard InChI is InChI=1S/C27H35ClN4O4Si/c1-31(22(16-29)18-37-14-6-12-30-26(37)34)25(33)24-23-11-3-2-9-20(23)17-32(24)27(35)36-13-5-8-19-7-4-10-21(28)15-19/h4-5,7-8,10,15,20,22-24,37H,2-3,6,9,11-14,17-18H2,1H3,(H,30,34)/b8-5+/t20-,22+,23-,24-,37-/m0/s1. The highest BCUT2D eigenvalue weighted by Gasteiger charge is 2.50. The summed E-state index contributed by atoms with van der Waals surface area (Å²) in [6, 6.07) is 9.60. The number of nitriles is 1. The first-order chi connectivity index (χ1) is 17.9. The molecule has 5 atom stereocenters. The molecular formula is C27H35ClN4O4Si. The summed E-state index contributed by atoms with van der Waals surface area (Å²) in [6.07, 6.45) is 7.98. The summed E-state index contributed by atoms with van der Waals surface area (Å²) in [5, 5.41) is 13.4. The van der Waals surface area contributed by atoms with Crippen LogP contribution in [-0.2, 0) is 9.53 Å². The van der Waals surface area contributed by atoms with Crippen molar-refractivity contribution in [1.82, 2.24) is 15.1 Å². The van der Waals surface area contributed by atoms with Crippen LogP contribution in [0.15, 0.2) is 30.3 Å². The predicted octanol–water partition coefficient (Wildman–Crippen LogP) is 4.25. The van der Waals surface area contributed by atoms with Gasteiger partial charge in [0.1, 0.15) is 27.5 Å². The molecule has 37 heavy (non-hydrogen) atoms. The first kappa shape index (κ1) is 27.2. The summed E-state index contributed by atoms with van der Waals surface area (Å²) in [7, 11) is -0.191. The van der Waals surface area contributed by atoms with Gasteiger partial charge in [0.15, 0.2) is 5.53 Å². The Bertz CT molecular complexity index is 1080. The summed E-state index contributed by atoms with van der Waals surface area (Å²) in [5.41, 5.74) is 0.986. The van der Waals surface area contributed by atoms with Crippen LogP contribution in [0.3, 0.4) is 0 Å². The zero-order valence-electron chi connectivity index (χ0n) is 21.3. The average Bonchev–Trinajstić information content (AvgIpc) is 3.29. The van der Waals surface area contributed by atoms with E-state index in [9.17, 15) is 19.6 Å².